The third-order valence-electron chi connectivity index (χ3n) is 7.89. The van der Waals surface area contributed by atoms with Gasteiger partial charge in [0.25, 0.3) is 0 Å². The third-order valence-corrected chi connectivity index (χ3v) is 7.89. The van der Waals surface area contributed by atoms with Gasteiger partial charge in [0.2, 0.25) is 0 Å². The number of rotatable bonds is 12. The summed E-state index contributed by atoms with van der Waals surface area (Å²) in [5, 5.41) is 0. The summed E-state index contributed by atoms with van der Waals surface area (Å²) in [4.78, 5) is 0. The van der Waals surface area contributed by atoms with E-state index in [1.807, 2.05) is 24.3 Å². The van der Waals surface area contributed by atoms with Gasteiger partial charge in [-0.2, -0.15) is 0 Å². The Morgan fingerprint density at radius 2 is 1.36 bits per heavy atom. The van der Waals surface area contributed by atoms with Crippen molar-refractivity contribution < 1.29 is 9.13 Å². The van der Waals surface area contributed by atoms with Crippen LogP contribution in [0.25, 0.3) is 11.1 Å². The predicted octanol–water partition coefficient (Wildman–Crippen LogP) is 9.13. The molecule has 1 aliphatic carbocycles. The first-order valence-electron chi connectivity index (χ1n) is 13.7. The lowest BCUT2D eigenvalue weighted by Crippen LogP contribution is -2.12. The zero-order valence-corrected chi connectivity index (χ0v) is 21.9. The number of hydrogen-bond donors (Lipinski definition) is 0. The van der Waals surface area contributed by atoms with Crippen LogP contribution < -0.4 is 0 Å². The second-order valence-corrected chi connectivity index (χ2v) is 10.5. The molecule has 0 N–H and O–H groups in total. The van der Waals surface area contributed by atoms with Crippen molar-refractivity contribution in [1.82, 2.24) is 0 Å². The summed E-state index contributed by atoms with van der Waals surface area (Å²) in [5.41, 5.74) is 6.51. The SMILES string of the molecule is C=C[C@H]1CC[C@H](CCCCc2ccc(CCc3ccc(-c4ccc(COC)cc4F)cc3)cc2)CC1. The summed E-state index contributed by atoms with van der Waals surface area (Å²) >= 11 is 0. The van der Waals surface area contributed by atoms with Gasteiger partial charge in [-0.05, 0) is 97.1 Å². The van der Waals surface area contributed by atoms with Gasteiger partial charge in [-0.3, -0.25) is 0 Å². The van der Waals surface area contributed by atoms with Crippen molar-refractivity contribution in [2.75, 3.05) is 7.11 Å². The number of aryl methyl sites for hydroxylation is 3. The molecule has 1 saturated carbocycles. The van der Waals surface area contributed by atoms with Gasteiger partial charge in [0.1, 0.15) is 5.82 Å². The highest BCUT2D eigenvalue weighted by Gasteiger charge is 2.18. The van der Waals surface area contributed by atoms with Crippen LogP contribution in [0.5, 0.6) is 0 Å². The van der Waals surface area contributed by atoms with Crippen LogP contribution in [0.15, 0.2) is 79.4 Å². The Morgan fingerprint density at radius 3 is 1.94 bits per heavy atom. The van der Waals surface area contributed by atoms with E-state index in [9.17, 15) is 4.39 Å². The van der Waals surface area contributed by atoms with Crippen molar-refractivity contribution in [2.45, 2.75) is 70.8 Å². The van der Waals surface area contributed by atoms with Crippen molar-refractivity contribution in [3.05, 3.63) is 107 Å². The fraction of sp³-hybridized carbons (Fsp3) is 0.412. The first kappa shape index (κ1) is 26.4. The summed E-state index contributed by atoms with van der Waals surface area (Å²) in [7, 11) is 1.62. The van der Waals surface area contributed by atoms with Gasteiger partial charge in [0.15, 0.2) is 0 Å². The van der Waals surface area contributed by atoms with Crippen LogP contribution in [0.2, 0.25) is 0 Å². The molecule has 0 unspecified atom stereocenters. The first-order valence-corrected chi connectivity index (χ1v) is 13.7. The lowest BCUT2D eigenvalue weighted by molar-refractivity contribution is 0.184. The molecule has 3 aromatic carbocycles. The molecule has 0 amide bonds. The van der Waals surface area contributed by atoms with Crippen molar-refractivity contribution >= 4 is 0 Å². The number of benzene rings is 3. The van der Waals surface area contributed by atoms with Crippen molar-refractivity contribution in [2.24, 2.45) is 11.8 Å². The highest BCUT2D eigenvalue weighted by atomic mass is 19.1. The molecule has 4 rings (SSSR count). The molecule has 0 aromatic heterocycles. The smallest absolute Gasteiger partial charge is 0.131 e. The van der Waals surface area contributed by atoms with E-state index < -0.39 is 0 Å². The average molecular weight is 485 g/mol. The largest absolute Gasteiger partial charge is 0.380 e. The average Bonchev–Trinajstić information content (AvgIpc) is 2.92. The fourth-order valence-corrected chi connectivity index (χ4v) is 5.54. The van der Waals surface area contributed by atoms with Crippen LogP contribution in [-0.4, -0.2) is 7.11 Å². The number of halogens is 1. The Hall–Kier alpha value is -2.71. The second-order valence-electron chi connectivity index (χ2n) is 10.5. The van der Waals surface area contributed by atoms with Gasteiger partial charge >= 0.3 is 0 Å². The molecule has 1 fully saturated rings. The van der Waals surface area contributed by atoms with Gasteiger partial charge in [-0.25, -0.2) is 4.39 Å². The lowest BCUT2D eigenvalue weighted by atomic mass is 9.80. The van der Waals surface area contributed by atoms with Gasteiger partial charge in [0, 0.05) is 12.7 Å². The molecule has 1 aliphatic rings. The van der Waals surface area contributed by atoms with E-state index in [0.717, 1.165) is 35.8 Å². The number of hydrogen-bond acceptors (Lipinski definition) is 1. The normalized spacial score (nSPS) is 17.7. The molecular weight excluding hydrogens is 443 g/mol. The van der Waals surface area contributed by atoms with E-state index in [-0.39, 0.29) is 5.82 Å². The summed E-state index contributed by atoms with van der Waals surface area (Å²) in [6.45, 7) is 4.38. The lowest BCUT2D eigenvalue weighted by Gasteiger charge is -2.26. The van der Waals surface area contributed by atoms with E-state index in [0.29, 0.717) is 12.2 Å². The Bertz CT molecular complexity index is 1080. The molecule has 0 spiro atoms. The van der Waals surface area contributed by atoms with E-state index in [1.165, 1.54) is 68.1 Å². The minimum absolute atomic E-state index is 0.201. The summed E-state index contributed by atoms with van der Waals surface area (Å²) in [6.07, 6.45) is 14.9. The van der Waals surface area contributed by atoms with Gasteiger partial charge < -0.3 is 4.74 Å². The third kappa shape index (κ3) is 7.64. The number of methoxy groups -OCH3 is 1. The highest BCUT2D eigenvalue weighted by Crippen LogP contribution is 2.32. The van der Waals surface area contributed by atoms with Gasteiger partial charge in [-0.1, -0.05) is 79.6 Å². The number of unbranched alkanes of at least 4 members (excludes halogenated alkanes) is 1. The van der Waals surface area contributed by atoms with Crippen LogP contribution in [-0.2, 0) is 30.6 Å². The molecule has 0 aliphatic heterocycles. The Labute approximate surface area is 217 Å². The highest BCUT2D eigenvalue weighted by molar-refractivity contribution is 5.64. The Balaban J connectivity index is 1.19. The van der Waals surface area contributed by atoms with Gasteiger partial charge in [-0.15, -0.1) is 6.58 Å². The molecule has 0 radical (unpaired) electrons. The summed E-state index contributed by atoms with van der Waals surface area (Å²) in [5.74, 6) is 1.51. The topological polar surface area (TPSA) is 9.23 Å². The first-order chi connectivity index (χ1) is 17.6. The summed E-state index contributed by atoms with van der Waals surface area (Å²) < 4.78 is 19.6. The molecule has 0 bridgehead atoms. The molecule has 0 heterocycles. The van der Waals surface area contributed by atoms with Gasteiger partial charge in [0.05, 0.1) is 6.61 Å². The van der Waals surface area contributed by atoms with E-state index >= 15 is 0 Å². The number of ether oxygens (including phenoxy) is 1. The predicted molar refractivity (Wildman–Crippen MR) is 150 cm³/mol. The maximum Gasteiger partial charge on any atom is 0.131 e. The molecule has 0 saturated heterocycles. The van der Waals surface area contributed by atoms with Crippen LogP contribution in [0.3, 0.4) is 0 Å². The molecule has 2 heteroatoms. The Kier molecular flexibility index (Phi) is 9.93. The molecule has 0 atom stereocenters. The van der Waals surface area contributed by atoms with Crippen LogP contribution in [0, 0.1) is 17.7 Å². The quantitative estimate of drug-likeness (QED) is 0.184. The van der Waals surface area contributed by atoms with E-state index in [4.69, 9.17) is 4.74 Å². The molecule has 36 heavy (non-hydrogen) atoms. The molecule has 3 aromatic rings. The number of allylic oxidation sites excluding steroid dienone is 1. The second kappa shape index (κ2) is 13.6. The minimum atomic E-state index is -0.201. The minimum Gasteiger partial charge on any atom is -0.380 e. The van der Waals surface area contributed by atoms with Crippen molar-refractivity contribution in [3.8, 4) is 11.1 Å². The van der Waals surface area contributed by atoms with E-state index in [2.05, 4.69) is 49.1 Å². The monoisotopic (exact) mass is 484 g/mol. The van der Waals surface area contributed by atoms with Crippen LogP contribution >= 0.6 is 0 Å². The maximum atomic E-state index is 14.5. The van der Waals surface area contributed by atoms with Crippen molar-refractivity contribution in [1.29, 1.82) is 0 Å². The fourth-order valence-electron chi connectivity index (χ4n) is 5.54. The summed E-state index contributed by atoms with van der Waals surface area (Å²) in [6, 6.07) is 22.8. The standard InChI is InChI=1S/C34H41FO/c1-3-26-8-10-27(11-9-26)6-4-5-7-28-12-14-29(15-13-28)16-17-30-18-21-32(22-19-30)33-23-20-31(25-36-2)24-34(33)35/h3,12-15,18-24,26-27H,1,4-11,16-17,25H2,2H3/t26-,27-. The maximum absolute atomic E-state index is 14.5. The zero-order valence-electron chi connectivity index (χ0n) is 21.9. The Morgan fingerprint density at radius 1 is 0.778 bits per heavy atom. The molecular formula is C34H41FO. The van der Waals surface area contributed by atoms with Crippen LogP contribution in [0.1, 0.15) is 67.2 Å². The zero-order chi connectivity index (χ0) is 25.2. The molecule has 190 valence electrons. The van der Waals surface area contributed by atoms with Crippen LogP contribution in [0.4, 0.5) is 4.39 Å². The van der Waals surface area contributed by atoms with Crippen molar-refractivity contribution in [3.63, 3.8) is 0 Å². The van der Waals surface area contributed by atoms with E-state index in [1.54, 1.807) is 13.2 Å². The molecule has 1 nitrogen and oxygen atoms in total.